The number of carbonyl (C=O) groups excluding carboxylic acids is 2. The predicted octanol–water partition coefficient (Wildman–Crippen LogP) is 3.83. The number of amides is 2. The molecule has 37 heavy (non-hydrogen) atoms. The lowest BCUT2D eigenvalue weighted by Gasteiger charge is -2.32. The minimum atomic E-state index is -4.09. The smallest absolute Gasteiger partial charge is 0.264 e. The largest absolute Gasteiger partial charge is 0.494 e. The third kappa shape index (κ3) is 7.10. The Labute approximate surface area is 218 Å². The molecular formula is C28H33N3O5S. The highest BCUT2D eigenvalue weighted by Crippen LogP contribution is 2.26. The Bertz CT molecular complexity index is 1270. The summed E-state index contributed by atoms with van der Waals surface area (Å²) >= 11 is 0. The first-order valence-corrected chi connectivity index (χ1v) is 13.6. The molecule has 0 saturated heterocycles. The van der Waals surface area contributed by atoms with Crippen LogP contribution in [0.3, 0.4) is 0 Å². The molecule has 1 atom stereocenters. The van der Waals surface area contributed by atoms with Crippen molar-refractivity contribution in [1.29, 1.82) is 0 Å². The van der Waals surface area contributed by atoms with Gasteiger partial charge in [-0.05, 0) is 62.7 Å². The standard InChI is InChI=1S/C28H33N3O5S/c1-4-29-28(33)22(3)30(20-23-12-8-6-9-13-23)27(32)21-31(24-16-18-25(19-17-24)36-5-2)37(34,35)26-14-10-7-11-15-26/h6-19,22H,4-5,20-21H2,1-3H3,(H,29,33)/t22-/m0/s1. The summed E-state index contributed by atoms with van der Waals surface area (Å²) in [7, 11) is -4.09. The fourth-order valence-electron chi connectivity index (χ4n) is 3.81. The minimum absolute atomic E-state index is 0.0584. The van der Waals surface area contributed by atoms with Crippen molar-refractivity contribution in [3.8, 4) is 5.75 Å². The predicted molar refractivity (Wildman–Crippen MR) is 144 cm³/mol. The number of sulfonamides is 1. The van der Waals surface area contributed by atoms with Crippen LogP contribution in [-0.4, -0.2) is 50.9 Å². The zero-order valence-corrected chi connectivity index (χ0v) is 22.1. The molecule has 196 valence electrons. The fraction of sp³-hybridized carbons (Fsp3) is 0.286. The first kappa shape index (κ1) is 27.7. The summed E-state index contributed by atoms with van der Waals surface area (Å²) in [5, 5.41) is 2.75. The maximum Gasteiger partial charge on any atom is 0.264 e. The fourth-order valence-corrected chi connectivity index (χ4v) is 5.24. The lowest BCUT2D eigenvalue weighted by Crippen LogP contribution is -2.51. The Balaban J connectivity index is 2.00. The lowest BCUT2D eigenvalue weighted by molar-refractivity contribution is -0.139. The normalized spacial score (nSPS) is 11.9. The van der Waals surface area contributed by atoms with E-state index in [0.29, 0.717) is 24.6 Å². The number of hydrogen-bond acceptors (Lipinski definition) is 5. The number of anilines is 1. The Kier molecular flexibility index (Phi) is 9.68. The SMILES string of the molecule is CCNC(=O)[C@H](C)N(Cc1ccccc1)C(=O)CN(c1ccc(OCC)cc1)S(=O)(=O)c1ccccc1. The van der Waals surface area contributed by atoms with Crippen LogP contribution in [0.2, 0.25) is 0 Å². The quantitative estimate of drug-likeness (QED) is 0.389. The zero-order valence-electron chi connectivity index (χ0n) is 21.3. The van der Waals surface area contributed by atoms with E-state index in [2.05, 4.69) is 5.32 Å². The molecule has 3 aromatic carbocycles. The molecule has 0 unspecified atom stereocenters. The maximum absolute atomic E-state index is 13.7. The van der Waals surface area contributed by atoms with Crippen LogP contribution in [0.1, 0.15) is 26.3 Å². The molecule has 0 aliphatic carbocycles. The van der Waals surface area contributed by atoms with Gasteiger partial charge in [-0.25, -0.2) is 8.42 Å². The van der Waals surface area contributed by atoms with Crippen LogP contribution < -0.4 is 14.4 Å². The van der Waals surface area contributed by atoms with Gasteiger partial charge in [0.15, 0.2) is 0 Å². The molecule has 1 N–H and O–H groups in total. The van der Waals surface area contributed by atoms with Gasteiger partial charge in [0.1, 0.15) is 18.3 Å². The summed E-state index contributed by atoms with van der Waals surface area (Å²) in [6.45, 7) is 5.85. The van der Waals surface area contributed by atoms with Crippen molar-refractivity contribution in [2.24, 2.45) is 0 Å². The van der Waals surface area contributed by atoms with Crippen molar-refractivity contribution in [1.82, 2.24) is 10.2 Å². The number of benzene rings is 3. The van der Waals surface area contributed by atoms with Crippen LogP contribution >= 0.6 is 0 Å². The van der Waals surface area contributed by atoms with E-state index in [9.17, 15) is 18.0 Å². The number of nitrogens with zero attached hydrogens (tertiary/aromatic N) is 2. The molecule has 0 fully saturated rings. The summed E-state index contributed by atoms with van der Waals surface area (Å²) in [5.74, 6) is -0.230. The first-order valence-electron chi connectivity index (χ1n) is 12.2. The van der Waals surface area contributed by atoms with E-state index in [1.54, 1.807) is 56.3 Å². The van der Waals surface area contributed by atoms with Crippen LogP contribution in [0.25, 0.3) is 0 Å². The zero-order chi connectivity index (χ0) is 26.8. The number of rotatable bonds is 12. The van der Waals surface area contributed by atoms with Crippen molar-refractivity contribution in [3.63, 3.8) is 0 Å². The molecule has 3 aromatic rings. The number of ether oxygens (including phenoxy) is 1. The average Bonchev–Trinajstić information content (AvgIpc) is 2.91. The molecule has 8 nitrogen and oxygen atoms in total. The van der Waals surface area contributed by atoms with Gasteiger partial charge in [0.2, 0.25) is 11.8 Å². The molecule has 0 heterocycles. The highest BCUT2D eigenvalue weighted by Gasteiger charge is 2.32. The van der Waals surface area contributed by atoms with E-state index >= 15 is 0 Å². The highest BCUT2D eigenvalue weighted by molar-refractivity contribution is 7.92. The van der Waals surface area contributed by atoms with Crippen molar-refractivity contribution in [2.45, 2.75) is 38.3 Å². The number of hydrogen-bond donors (Lipinski definition) is 1. The second-order valence-corrected chi connectivity index (χ2v) is 10.2. The van der Waals surface area contributed by atoms with Gasteiger partial charge in [-0.2, -0.15) is 0 Å². The van der Waals surface area contributed by atoms with Gasteiger partial charge in [0, 0.05) is 13.1 Å². The third-order valence-corrected chi connectivity index (χ3v) is 7.55. The van der Waals surface area contributed by atoms with Crippen LogP contribution in [0.5, 0.6) is 5.75 Å². The van der Waals surface area contributed by atoms with Gasteiger partial charge in [-0.1, -0.05) is 48.5 Å². The Hall–Kier alpha value is -3.85. The van der Waals surface area contributed by atoms with Gasteiger partial charge < -0.3 is 15.0 Å². The summed E-state index contributed by atoms with van der Waals surface area (Å²) in [5.41, 5.74) is 1.14. The Morgan fingerprint density at radius 3 is 2.05 bits per heavy atom. The Morgan fingerprint density at radius 1 is 0.892 bits per heavy atom. The molecule has 0 aliphatic rings. The van der Waals surface area contributed by atoms with Gasteiger partial charge in [-0.3, -0.25) is 13.9 Å². The third-order valence-electron chi connectivity index (χ3n) is 5.76. The minimum Gasteiger partial charge on any atom is -0.494 e. The van der Waals surface area contributed by atoms with Gasteiger partial charge in [0.25, 0.3) is 10.0 Å². The Morgan fingerprint density at radius 2 is 1.49 bits per heavy atom. The molecular weight excluding hydrogens is 490 g/mol. The summed E-state index contributed by atoms with van der Waals surface area (Å²) in [4.78, 5) is 27.9. The molecule has 0 aliphatic heterocycles. The van der Waals surface area contributed by atoms with Crippen LogP contribution in [0.15, 0.2) is 89.8 Å². The molecule has 0 spiro atoms. The highest BCUT2D eigenvalue weighted by atomic mass is 32.2. The molecule has 0 aromatic heterocycles. The molecule has 0 saturated carbocycles. The van der Waals surface area contributed by atoms with Crippen LogP contribution in [0, 0.1) is 0 Å². The summed E-state index contributed by atoms with van der Waals surface area (Å²) in [6.07, 6.45) is 0. The monoisotopic (exact) mass is 523 g/mol. The number of likely N-dealkylation sites (N-methyl/N-ethyl adjacent to an activating group) is 1. The topological polar surface area (TPSA) is 96.0 Å². The van der Waals surface area contributed by atoms with Crippen molar-refractivity contribution < 1.29 is 22.7 Å². The number of carbonyl (C=O) groups is 2. The molecule has 0 bridgehead atoms. The van der Waals surface area contributed by atoms with Gasteiger partial charge in [0.05, 0.1) is 17.2 Å². The van der Waals surface area contributed by atoms with Crippen molar-refractivity contribution in [3.05, 3.63) is 90.5 Å². The summed E-state index contributed by atoms with van der Waals surface area (Å²) < 4.78 is 34.0. The van der Waals surface area contributed by atoms with Crippen LogP contribution in [0.4, 0.5) is 5.69 Å². The second kappa shape index (κ2) is 12.9. The molecule has 3 rings (SSSR count). The average molecular weight is 524 g/mol. The van der Waals surface area contributed by atoms with E-state index in [0.717, 1.165) is 9.87 Å². The van der Waals surface area contributed by atoms with E-state index in [1.807, 2.05) is 37.3 Å². The van der Waals surface area contributed by atoms with Crippen LogP contribution in [-0.2, 0) is 26.2 Å². The van der Waals surface area contributed by atoms with Gasteiger partial charge in [-0.15, -0.1) is 0 Å². The maximum atomic E-state index is 13.7. The lowest BCUT2D eigenvalue weighted by atomic mass is 10.1. The molecule has 9 heteroatoms. The van der Waals surface area contributed by atoms with E-state index in [1.165, 1.54) is 17.0 Å². The van der Waals surface area contributed by atoms with Crippen molar-refractivity contribution in [2.75, 3.05) is 24.0 Å². The van der Waals surface area contributed by atoms with E-state index < -0.39 is 28.5 Å². The second-order valence-electron chi connectivity index (χ2n) is 8.33. The van der Waals surface area contributed by atoms with E-state index in [-0.39, 0.29) is 17.3 Å². The number of nitrogens with one attached hydrogen (secondary N) is 1. The first-order chi connectivity index (χ1) is 17.8. The molecule has 0 radical (unpaired) electrons. The van der Waals surface area contributed by atoms with Gasteiger partial charge >= 0.3 is 0 Å². The van der Waals surface area contributed by atoms with E-state index in [4.69, 9.17) is 4.74 Å². The van der Waals surface area contributed by atoms with Crippen molar-refractivity contribution >= 4 is 27.5 Å². The summed E-state index contributed by atoms with van der Waals surface area (Å²) in [6, 6.07) is 23.0. The molecule has 2 amide bonds.